The van der Waals surface area contributed by atoms with E-state index in [0.29, 0.717) is 18.6 Å². The summed E-state index contributed by atoms with van der Waals surface area (Å²) in [5, 5.41) is 0. The normalized spacial score (nSPS) is 18.6. The summed E-state index contributed by atoms with van der Waals surface area (Å²) in [7, 11) is 0. The van der Waals surface area contributed by atoms with E-state index in [1.807, 2.05) is 29.0 Å². The Morgan fingerprint density at radius 1 is 1.27 bits per heavy atom. The minimum Gasteiger partial charge on any atom is -0.368 e. The van der Waals surface area contributed by atoms with Crippen molar-refractivity contribution in [3.63, 3.8) is 0 Å². The lowest BCUT2D eigenvalue weighted by Crippen LogP contribution is -2.26. The van der Waals surface area contributed by atoms with Crippen molar-refractivity contribution in [3.8, 4) is 0 Å². The monoisotopic (exact) mass is 296 g/mol. The molecule has 1 aromatic heterocycles. The lowest BCUT2D eigenvalue weighted by molar-refractivity contribution is -0.126. The number of ether oxygens (including phenoxy) is 1. The summed E-state index contributed by atoms with van der Waals surface area (Å²) >= 11 is 0. The molecule has 114 valence electrons. The van der Waals surface area contributed by atoms with Gasteiger partial charge in [0.1, 0.15) is 11.6 Å². The molecule has 3 rings (SSSR count). The van der Waals surface area contributed by atoms with Gasteiger partial charge >= 0.3 is 0 Å². The molecule has 0 spiro atoms. The molecule has 1 aliphatic heterocycles. The van der Waals surface area contributed by atoms with Gasteiger partial charge in [0.25, 0.3) is 5.91 Å². The van der Waals surface area contributed by atoms with Crippen LogP contribution >= 0.6 is 0 Å². The van der Waals surface area contributed by atoms with Crippen LogP contribution in [0.5, 0.6) is 0 Å². The topological polar surface area (TPSA) is 43.6 Å². The Bertz CT molecular complexity index is 710. The van der Waals surface area contributed by atoms with Crippen LogP contribution in [0.2, 0.25) is 0 Å². The predicted octanol–water partition coefficient (Wildman–Crippen LogP) is 2.45. The number of pyridine rings is 1. The molecule has 1 fully saturated rings. The molecule has 0 aliphatic carbocycles. The number of carbonyl (C=O) groups is 1. The average Bonchev–Trinajstić information content (AvgIpc) is 3.06. The van der Waals surface area contributed by atoms with Crippen molar-refractivity contribution in [3.05, 3.63) is 65.3 Å². The van der Waals surface area contributed by atoms with E-state index in [0.717, 1.165) is 12.8 Å². The molecule has 0 radical (unpaired) electrons. The first-order chi connectivity index (χ1) is 10.7. The van der Waals surface area contributed by atoms with Crippen LogP contribution < -0.4 is 5.49 Å². The largest absolute Gasteiger partial charge is 0.368 e. The summed E-state index contributed by atoms with van der Waals surface area (Å²) in [5.74, 6) is -0.179. The highest BCUT2D eigenvalue weighted by atomic mass is 16.5. The Kier molecular flexibility index (Phi) is 4.49. The number of hydrogen-bond donors (Lipinski definition) is 0. The lowest BCUT2D eigenvalue weighted by Gasteiger charge is -2.09. The van der Waals surface area contributed by atoms with Crippen molar-refractivity contribution in [1.82, 2.24) is 4.57 Å². The van der Waals surface area contributed by atoms with Crippen molar-refractivity contribution in [2.24, 2.45) is 4.99 Å². The maximum atomic E-state index is 12.2. The second-order valence-electron chi connectivity index (χ2n) is 5.62. The van der Waals surface area contributed by atoms with Crippen LogP contribution in [-0.2, 0) is 16.1 Å². The van der Waals surface area contributed by atoms with Gasteiger partial charge in [-0.3, -0.25) is 4.79 Å². The zero-order chi connectivity index (χ0) is 15.4. The van der Waals surface area contributed by atoms with Crippen LogP contribution in [0.15, 0.2) is 53.7 Å². The number of rotatable bonds is 3. The van der Waals surface area contributed by atoms with E-state index in [9.17, 15) is 4.79 Å². The molecule has 0 N–H and O–H groups in total. The molecule has 1 saturated heterocycles. The van der Waals surface area contributed by atoms with Crippen LogP contribution in [0, 0.1) is 6.92 Å². The molecular formula is C18H20N2O2. The van der Waals surface area contributed by atoms with Gasteiger partial charge in [0.2, 0.25) is 0 Å². The smallest absolute Gasteiger partial charge is 0.276 e. The van der Waals surface area contributed by atoms with E-state index in [-0.39, 0.29) is 12.0 Å². The van der Waals surface area contributed by atoms with Gasteiger partial charge in [-0.1, -0.05) is 35.9 Å². The molecule has 0 saturated carbocycles. The number of nitrogens with zero attached hydrogens (tertiary/aromatic N) is 2. The highest BCUT2D eigenvalue weighted by Crippen LogP contribution is 2.12. The fourth-order valence-electron chi connectivity index (χ4n) is 2.55. The molecule has 22 heavy (non-hydrogen) atoms. The van der Waals surface area contributed by atoms with Crippen molar-refractivity contribution >= 4 is 5.91 Å². The molecule has 2 aromatic rings. The van der Waals surface area contributed by atoms with Crippen LogP contribution in [-0.4, -0.2) is 23.2 Å². The average molecular weight is 296 g/mol. The van der Waals surface area contributed by atoms with Gasteiger partial charge in [-0.25, -0.2) is 0 Å². The van der Waals surface area contributed by atoms with E-state index < -0.39 is 0 Å². The summed E-state index contributed by atoms with van der Waals surface area (Å²) in [6.45, 7) is 3.42. The van der Waals surface area contributed by atoms with Crippen molar-refractivity contribution < 1.29 is 9.53 Å². The van der Waals surface area contributed by atoms with E-state index in [1.165, 1.54) is 11.1 Å². The first kappa shape index (κ1) is 14.7. The van der Waals surface area contributed by atoms with Crippen LogP contribution in [0.4, 0.5) is 0 Å². The second-order valence-corrected chi connectivity index (χ2v) is 5.62. The van der Waals surface area contributed by atoms with Crippen molar-refractivity contribution in [2.75, 3.05) is 6.61 Å². The molecule has 4 nitrogen and oxygen atoms in total. The Morgan fingerprint density at radius 2 is 2.09 bits per heavy atom. The van der Waals surface area contributed by atoms with E-state index >= 15 is 0 Å². The summed E-state index contributed by atoms with van der Waals surface area (Å²) in [6.07, 6.45) is 3.28. The van der Waals surface area contributed by atoms with Gasteiger partial charge in [0.05, 0.1) is 0 Å². The highest BCUT2D eigenvalue weighted by Gasteiger charge is 2.22. The molecule has 1 amide bonds. The summed E-state index contributed by atoms with van der Waals surface area (Å²) in [6, 6.07) is 14.1. The molecule has 2 heterocycles. The fraction of sp³-hybridized carbons (Fsp3) is 0.333. The van der Waals surface area contributed by atoms with E-state index in [4.69, 9.17) is 4.74 Å². The highest BCUT2D eigenvalue weighted by molar-refractivity contribution is 5.81. The van der Waals surface area contributed by atoms with Crippen LogP contribution in [0.3, 0.4) is 0 Å². The van der Waals surface area contributed by atoms with Crippen molar-refractivity contribution in [2.45, 2.75) is 32.4 Å². The second kappa shape index (κ2) is 6.71. The third kappa shape index (κ3) is 3.52. The molecule has 1 aliphatic rings. The number of carbonyl (C=O) groups excluding carboxylic acids is 1. The Morgan fingerprint density at radius 3 is 2.82 bits per heavy atom. The molecule has 1 unspecified atom stereocenters. The first-order valence-corrected chi connectivity index (χ1v) is 7.63. The summed E-state index contributed by atoms with van der Waals surface area (Å²) in [5.41, 5.74) is 3.09. The molecule has 0 bridgehead atoms. The number of amides is 1. The standard InChI is InChI=1S/C18H20N2O2/c1-14-7-9-15(10-8-14)13-20-11-3-2-6-17(20)19-18(21)16-5-4-12-22-16/h2-3,6-11,16H,4-5,12-13H2,1H3. The third-order valence-electron chi connectivity index (χ3n) is 3.82. The van der Waals surface area contributed by atoms with Gasteiger partial charge in [-0.05, 0) is 37.5 Å². The van der Waals surface area contributed by atoms with E-state index in [2.05, 4.69) is 36.2 Å². The Balaban J connectivity index is 1.85. The van der Waals surface area contributed by atoms with Gasteiger partial charge in [-0.15, -0.1) is 0 Å². The maximum Gasteiger partial charge on any atom is 0.276 e. The predicted molar refractivity (Wildman–Crippen MR) is 84.3 cm³/mol. The molecule has 4 heteroatoms. The zero-order valence-electron chi connectivity index (χ0n) is 12.7. The minimum atomic E-state index is -0.368. The van der Waals surface area contributed by atoms with Gasteiger partial charge in [-0.2, -0.15) is 4.99 Å². The third-order valence-corrected chi connectivity index (χ3v) is 3.82. The fourth-order valence-corrected chi connectivity index (χ4v) is 2.55. The van der Waals surface area contributed by atoms with Crippen LogP contribution in [0.25, 0.3) is 0 Å². The van der Waals surface area contributed by atoms with Gasteiger partial charge < -0.3 is 9.30 Å². The number of benzene rings is 1. The first-order valence-electron chi connectivity index (χ1n) is 7.63. The number of aromatic nitrogens is 1. The van der Waals surface area contributed by atoms with Crippen LogP contribution in [0.1, 0.15) is 24.0 Å². The number of aryl methyl sites for hydroxylation is 1. The Hall–Kier alpha value is -2.20. The Labute approximate surface area is 130 Å². The van der Waals surface area contributed by atoms with Crippen molar-refractivity contribution in [1.29, 1.82) is 0 Å². The van der Waals surface area contributed by atoms with E-state index in [1.54, 1.807) is 0 Å². The summed E-state index contributed by atoms with van der Waals surface area (Å²) in [4.78, 5) is 16.4. The van der Waals surface area contributed by atoms with Gasteiger partial charge in [0, 0.05) is 19.3 Å². The minimum absolute atomic E-state index is 0.179. The molecular weight excluding hydrogens is 276 g/mol. The SMILES string of the molecule is Cc1ccc(Cn2ccccc2=NC(=O)C2CCCO2)cc1. The number of hydrogen-bond acceptors (Lipinski definition) is 2. The zero-order valence-corrected chi connectivity index (χ0v) is 12.7. The molecule has 1 aromatic carbocycles. The molecule has 1 atom stereocenters. The quantitative estimate of drug-likeness (QED) is 0.873. The van der Waals surface area contributed by atoms with Gasteiger partial charge in [0.15, 0.2) is 0 Å². The summed E-state index contributed by atoms with van der Waals surface area (Å²) < 4.78 is 7.39. The maximum absolute atomic E-state index is 12.2. The lowest BCUT2D eigenvalue weighted by atomic mass is 10.1.